The molecule has 0 spiro atoms. The number of hydrogen-bond donors (Lipinski definition) is 3. The van der Waals surface area contributed by atoms with Crippen molar-refractivity contribution in [1.29, 1.82) is 0 Å². The van der Waals surface area contributed by atoms with Gasteiger partial charge >= 0.3 is 6.03 Å². The lowest BCUT2D eigenvalue weighted by molar-refractivity contribution is -0.120. The Morgan fingerprint density at radius 3 is 2.56 bits per heavy atom. The Hall–Kier alpha value is -1.87. The number of nitrogens with two attached hydrogens (primary N) is 1. The molecule has 7 nitrogen and oxygen atoms in total. The number of hydrogen-bond acceptors (Lipinski definition) is 6. The van der Waals surface area contributed by atoms with E-state index < -0.39 is 17.2 Å². The number of imide groups is 1. The molecule has 0 radical (unpaired) electrons. The van der Waals surface area contributed by atoms with Crippen LogP contribution in [0.15, 0.2) is 9.95 Å². The zero-order valence-electron chi connectivity index (χ0n) is 16.2. The van der Waals surface area contributed by atoms with E-state index in [2.05, 4.69) is 29.1 Å². The van der Waals surface area contributed by atoms with E-state index in [0.717, 1.165) is 35.0 Å². The Bertz CT molecular complexity index is 904. The largest absolute Gasteiger partial charge is 0.351 e. The van der Waals surface area contributed by atoms with E-state index in [9.17, 15) is 14.4 Å². The summed E-state index contributed by atoms with van der Waals surface area (Å²) >= 11 is 2.62. The van der Waals surface area contributed by atoms with Crippen LogP contribution in [0.5, 0.6) is 0 Å². The summed E-state index contributed by atoms with van der Waals surface area (Å²) in [6.07, 6.45) is 1.89. The van der Waals surface area contributed by atoms with Crippen molar-refractivity contribution in [1.82, 2.24) is 15.3 Å². The summed E-state index contributed by atoms with van der Waals surface area (Å²) in [7, 11) is 0. The highest BCUT2D eigenvalue weighted by Crippen LogP contribution is 2.32. The van der Waals surface area contributed by atoms with Crippen molar-refractivity contribution in [3.63, 3.8) is 0 Å². The van der Waals surface area contributed by atoms with Gasteiger partial charge in [-0.2, -0.15) is 0 Å². The van der Waals surface area contributed by atoms with Crippen LogP contribution in [0.2, 0.25) is 0 Å². The highest BCUT2D eigenvalue weighted by molar-refractivity contribution is 8.00. The third-order valence-electron chi connectivity index (χ3n) is 4.44. The van der Waals surface area contributed by atoms with E-state index in [0.29, 0.717) is 21.3 Å². The molecule has 27 heavy (non-hydrogen) atoms. The van der Waals surface area contributed by atoms with Crippen molar-refractivity contribution in [2.45, 2.75) is 57.9 Å². The summed E-state index contributed by atoms with van der Waals surface area (Å²) in [4.78, 5) is 45.0. The van der Waals surface area contributed by atoms with Crippen LogP contribution in [0, 0.1) is 18.8 Å². The minimum atomic E-state index is -0.897. The van der Waals surface area contributed by atoms with E-state index in [4.69, 9.17) is 5.73 Å². The molecule has 9 heteroatoms. The standard InChI is InChI=1S/C18H26N4O3S2/c1-6-9(4)7-11-10(5)26-16-12(11)14(23)21-18(22-16)27-13(8(2)3)15(24)20-17(19)25/h8-9,13H,6-7H2,1-5H3,(H,21,22,23)(H3,19,20,24,25)/t9-,13+/m1/s1. The van der Waals surface area contributed by atoms with Crippen molar-refractivity contribution >= 4 is 45.3 Å². The highest BCUT2D eigenvalue weighted by Gasteiger charge is 2.26. The highest BCUT2D eigenvalue weighted by atomic mass is 32.2. The molecular formula is C18H26N4O3S2. The number of primary amides is 1. The molecular weight excluding hydrogens is 384 g/mol. The first-order valence-electron chi connectivity index (χ1n) is 8.93. The molecule has 4 N–H and O–H groups in total. The molecule has 0 unspecified atom stereocenters. The first kappa shape index (κ1) is 21.4. The number of H-pyrrole nitrogens is 1. The predicted molar refractivity (Wildman–Crippen MR) is 110 cm³/mol. The molecule has 3 amide bonds. The van der Waals surface area contributed by atoms with Crippen molar-refractivity contribution in [3.05, 3.63) is 20.8 Å². The van der Waals surface area contributed by atoms with Gasteiger partial charge in [-0.1, -0.05) is 45.9 Å². The van der Waals surface area contributed by atoms with Crippen LogP contribution in [0.4, 0.5) is 4.79 Å². The van der Waals surface area contributed by atoms with Crippen LogP contribution in [0.1, 0.15) is 44.6 Å². The van der Waals surface area contributed by atoms with Gasteiger partial charge in [-0.05, 0) is 30.7 Å². The number of aryl methyl sites for hydroxylation is 1. The van der Waals surface area contributed by atoms with E-state index in [1.54, 1.807) is 0 Å². The third-order valence-corrected chi connectivity index (χ3v) is 6.91. The van der Waals surface area contributed by atoms with Crippen molar-refractivity contribution < 1.29 is 9.59 Å². The van der Waals surface area contributed by atoms with Crippen molar-refractivity contribution in [2.24, 2.45) is 17.6 Å². The van der Waals surface area contributed by atoms with Gasteiger partial charge in [-0.3, -0.25) is 14.9 Å². The topological polar surface area (TPSA) is 118 Å². The second-order valence-electron chi connectivity index (χ2n) is 7.04. The molecule has 0 aliphatic heterocycles. The summed E-state index contributed by atoms with van der Waals surface area (Å²) in [5.74, 6) is -0.0933. The second-order valence-corrected chi connectivity index (χ2v) is 9.38. The van der Waals surface area contributed by atoms with E-state index in [1.165, 1.54) is 11.3 Å². The number of fused-ring (bicyclic) bond motifs is 1. The average molecular weight is 411 g/mol. The number of amides is 3. The van der Waals surface area contributed by atoms with Crippen molar-refractivity contribution in [2.75, 3.05) is 0 Å². The van der Waals surface area contributed by atoms with Gasteiger partial charge in [0.15, 0.2) is 5.16 Å². The van der Waals surface area contributed by atoms with Gasteiger partial charge < -0.3 is 10.7 Å². The van der Waals surface area contributed by atoms with Gasteiger partial charge in [-0.15, -0.1) is 11.3 Å². The Morgan fingerprint density at radius 2 is 2.00 bits per heavy atom. The predicted octanol–water partition coefficient (Wildman–Crippen LogP) is 3.19. The molecule has 0 saturated carbocycles. The third kappa shape index (κ3) is 5.10. The van der Waals surface area contributed by atoms with Crippen molar-refractivity contribution in [3.8, 4) is 0 Å². The number of aromatic nitrogens is 2. The summed E-state index contributed by atoms with van der Waals surface area (Å²) in [6, 6.07) is -0.897. The molecule has 0 fully saturated rings. The molecule has 148 valence electrons. The van der Waals surface area contributed by atoms with Gasteiger partial charge in [0.25, 0.3) is 5.56 Å². The maximum atomic E-state index is 12.7. The normalized spacial score (nSPS) is 13.7. The lowest BCUT2D eigenvalue weighted by atomic mass is 9.98. The number of aromatic amines is 1. The molecule has 0 aliphatic rings. The number of thioether (sulfide) groups is 1. The van der Waals surface area contributed by atoms with Crippen LogP contribution in [0.25, 0.3) is 10.2 Å². The second kappa shape index (κ2) is 8.88. The van der Waals surface area contributed by atoms with Crippen LogP contribution in [-0.2, 0) is 11.2 Å². The fourth-order valence-electron chi connectivity index (χ4n) is 2.76. The summed E-state index contributed by atoms with van der Waals surface area (Å²) in [5.41, 5.74) is 5.91. The first-order valence-corrected chi connectivity index (χ1v) is 10.6. The quantitative estimate of drug-likeness (QED) is 0.478. The summed E-state index contributed by atoms with van der Waals surface area (Å²) < 4.78 is 0. The minimum absolute atomic E-state index is 0.0821. The Morgan fingerprint density at radius 1 is 1.33 bits per heavy atom. The smallest absolute Gasteiger partial charge is 0.318 e. The summed E-state index contributed by atoms with van der Waals surface area (Å²) in [6.45, 7) is 10.0. The van der Waals surface area contributed by atoms with Gasteiger partial charge in [0.05, 0.1) is 10.6 Å². The number of rotatable bonds is 7. The molecule has 2 heterocycles. The van der Waals surface area contributed by atoms with E-state index in [-0.39, 0.29) is 11.5 Å². The molecule has 0 bridgehead atoms. The molecule has 0 saturated heterocycles. The van der Waals surface area contributed by atoms with E-state index >= 15 is 0 Å². The first-order chi connectivity index (χ1) is 12.6. The lowest BCUT2D eigenvalue weighted by Gasteiger charge is -2.18. The average Bonchev–Trinajstić information content (AvgIpc) is 2.87. The molecule has 2 aromatic rings. The number of urea groups is 1. The Kier molecular flexibility index (Phi) is 7.05. The van der Waals surface area contributed by atoms with Crippen LogP contribution in [0.3, 0.4) is 0 Å². The van der Waals surface area contributed by atoms with Gasteiger partial charge in [-0.25, -0.2) is 9.78 Å². The number of carbonyl (C=O) groups excluding carboxylic acids is 2. The number of nitrogens with one attached hydrogen (secondary N) is 2. The fourth-order valence-corrected chi connectivity index (χ4v) is 4.84. The molecule has 0 aromatic carbocycles. The minimum Gasteiger partial charge on any atom is -0.351 e. The fraction of sp³-hybridized carbons (Fsp3) is 0.556. The number of thiophene rings is 1. The number of nitrogens with zero attached hydrogens (tertiary/aromatic N) is 1. The van der Waals surface area contributed by atoms with Gasteiger partial charge in [0, 0.05) is 4.88 Å². The lowest BCUT2D eigenvalue weighted by Crippen LogP contribution is -2.42. The van der Waals surface area contributed by atoms with Gasteiger partial charge in [0.2, 0.25) is 5.91 Å². The molecule has 0 aliphatic carbocycles. The Labute approximate surface area is 166 Å². The molecule has 2 aromatic heterocycles. The maximum absolute atomic E-state index is 12.7. The number of carbonyl (C=O) groups is 2. The van der Waals surface area contributed by atoms with Gasteiger partial charge in [0.1, 0.15) is 4.83 Å². The van der Waals surface area contributed by atoms with Crippen LogP contribution in [-0.4, -0.2) is 27.2 Å². The van der Waals surface area contributed by atoms with Crippen LogP contribution >= 0.6 is 23.1 Å². The SMILES string of the molecule is CC[C@@H](C)Cc1c(C)sc2nc(S[C@H](C(=O)NC(N)=O)C(C)C)[nH]c(=O)c12. The maximum Gasteiger partial charge on any atom is 0.318 e. The zero-order chi connectivity index (χ0) is 20.3. The summed E-state index contributed by atoms with van der Waals surface area (Å²) in [5, 5.41) is 2.51. The molecule has 2 atom stereocenters. The van der Waals surface area contributed by atoms with E-state index in [1.807, 2.05) is 20.8 Å². The van der Waals surface area contributed by atoms with Crippen LogP contribution < -0.4 is 16.6 Å². The Balaban J connectivity index is 2.39. The molecule has 2 rings (SSSR count). The zero-order valence-corrected chi connectivity index (χ0v) is 17.8. The monoisotopic (exact) mass is 410 g/mol.